The lowest BCUT2D eigenvalue weighted by molar-refractivity contribution is -0.137. The van der Waals surface area contributed by atoms with Crippen LogP contribution in [-0.4, -0.2) is 62.8 Å². The maximum atomic E-state index is 11.8. The second-order valence-electron chi connectivity index (χ2n) is 4.34. The van der Waals surface area contributed by atoms with E-state index in [-0.39, 0.29) is 12.3 Å². The molecule has 3 atom stereocenters. The van der Waals surface area contributed by atoms with Crippen molar-refractivity contribution in [1.29, 1.82) is 0 Å². The van der Waals surface area contributed by atoms with Crippen molar-refractivity contribution in [3.05, 3.63) is 29.8 Å². The Balaban J connectivity index is 2.63. The molecule has 7 nitrogen and oxygen atoms in total. The van der Waals surface area contributed by atoms with Crippen molar-refractivity contribution >= 4 is 5.78 Å². The highest BCUT2D eigenvalue weighted by molar-refractivity contribution is 5.88. The van der Waals surface area contributed by atoms with Crippen molar-refractivity contribution in [1.82, 2.24) is 5.32 Å². The molecule has 7 heteroatoms. The van der Waals surface area contributed by atoms with Gasteiger partial charge in [-0.05, 0) is 6.07 Å². The second kappa shape index (κ2) is 7.93. The third kappa shape index (κ3) is 4.26. The fourth-order valence-corrected chi connectivity index (χ4v) is 1.64. The number of hydrogen-bond donors (Lipinski definition) is 6. The number of hydrogen-bond acceptors (Lipinski definition) is 7. The molecule has 0 unspecified atom stereocenters. The Hall–Kier alpha value is -1.51. The van der Waals surface area contributed by atoms with Crippen LogP contribution in [0.25, 0.3) is 0 Å². The standard InChI is InChI=1S/C13H19NO6/c15-6-9(12(19)13(20)11(18)7-16)14-5-8-3-1-2-4-10(8)17/h1-4,9,11,13-18,20H,5-7H2/t9-,11+,13+/m0/s1. The molecular formula is C13H19NO6. The van der Waals surface area contributed by atoms with Crippen molar-refractivity contribution in [2.75, 3.05) is 13.2 Å². The molecule has 1 aromatic rings. The largest absolute Gasteiger partial charge is 0.508 e. The first-order valence-corrected chi connectivity index (χ1v) is 6.13. The van der Waals surface area contributed by atoms with Crippen LogP contribution in [0.2, 0.25) is 0 Å². The summed E-state index contributed by atoms with van der Waals surface area (Å²) in [5.41, 5.74) is 0.524. The lowest BCUT2D eigenvalue weighted by Gasteiger charge is -2.21. The molecule has 0 aliphatic heterocycles. The van der Waals surface area contributed by atoms with Gasteiger partial charge in [0.05, 0.1) is 19.3 Å². The molecule has 6 N–H and O–H groups in total. The number of phenolic OH excluding ortho intramolecular Hbond substituents is 1. The third-order valence-corrected chi connectivity index (χ3v) is 2.90. The molecule has 0 aliphatic rings. The SMILES string of the molecule is O=C([C@H](CO)NCc1ccccc1O)[C@H](O)[C@H](O)CO. The van der Waals surface area contributed by atoms with E-state index in [0.717, 1.165) is 0 Å². The van der Waals surface area contributed by atoms with Gasteiger partial charge in [-0.15, -0.1) is 0 Å². The Morgan fingerprint density at radius 2 is 1.80 bits per heavy atom. The van der Waals surface area contributed by atoms with Crippen LogP contribution in [-0.2, 0) is 11.3 Å². The predicted molar refractivity (Wildman–Crippen MR) is 69.9 cm³/mol. The first-order chi connectivity index (χ1) is 9.51. The lowest BCUT2D eigenvalue weighted by atomic mass is 10.0. The minimum absolute atomic E-state index is 0.0417. The van der Waals surface area contributed by atoms with Crippen molar-refractivity contribution in [3.8, 4) is 5.75 Å². The van der Waals surface area contributed by atoms with Crippen LogP contribution in [0.5, 0.6) is 5.75 Å². The van der Waals surface area contributed by atoms with Crippen LogP contribution >= 0.6 is 0 Å². The molecule has 112 valence electrons. The molecule has 0 saturated carbocycles. The number of phenols is 1. The Morgan fingerprint density at radius 3 is 2.35 bits per heavy atom. The Morgan fingerprint density at radius 1 is 1.15 bits per heavy atom. The van der Waals surface area contributed by atoms with Crippen LogP contribution in [0.4, 0.5) is 0 Å². The van der Waals surface area contributed by atoms with Gasteiger partial charge in [0.15, 0.2) is 5.78 Å². The van der Waals surface area contributed by atoms with Crippen LogP contribution in [0.1, 0.15) is 5.56 Å². The zero-order chi connectivity index (χ0) is 15.1. The smallest absolute Gasteiger partial charge is 0.183 e. The van der Waals surface area contributed by atoms with E-state index in [4.69, 9.17) is 10.2 Å². The van der Waals surface area contributed by atoms with Crippen molar-refractivity contribution in [2.24, 2.45) is 0 Å². The molecule has 0 aromatic heterocycles. The number of carbonyl (C=O) groups is 1. The number of nitrogens with one attached hydrogen (secondary N) is 1. The van der Waals surface area contributed by atoms with E-state index in [1.165, 1.54) is 6.07 Å². The molecule has 0 spiro atoms. The summed E-state index contributed by atoms with van der Waals surface area (Å²) in [7, 11) is 0. The van der Waals surface area contributed by atoms with Gasteiger partial charge in [-0.25, -0.2) is 0 Å². The fraction of sp³-hybridized carbons (Fsp3) is 0.462. The van der Waals surface area contributed by atoms with Gasteiger partial charge in [0, 0.05) is 12.1 Å². The highest BCUT2D eigenvalue weighted by atomic mass is 16.4. The van der Waals surface area contributed by atoms with Gasteiger partial charge in [-0.2, -0.15) is 0 Å². The number of benzene rings is 1. The van der Waals surface area contributed by atoms with E-state index in [2.05, 4.69) is 5.32 Å². The van der Waals surface area contributed by atoms with Crippen molar-refractivity contribution < 1.29 is 30.3 Å². The Bertz CT molecular complexity index is 439. The highest BCUT2D eigenvalue weighted by Crippen LogP contribution is 2.15. The minimum atomic E-state index is -1.78. The minimum Gasteiger partial charge on any atom is -0.508 e. The molecule has 20 heavy (non-hydrogen) atoms. The molecule has 0 bridgehead atoms. The second-order valence-corrected chi connectivity index (χ2v) is 4.34. The number of carbonyl (C=O) groups excluding carboxylic acids is 1. The molecule has 0 amide bonds. The first kappa shape index (κ1) is 16.5. The quantitative estimate of drug-likeness (QED) is 0.330. The topological polar surface area (TPSA) is 130 Å². The van der Waals surface area contributed by atoms with Crippen LogP contribution in [0, 0.1) is 0 Å². The van der Waals surface area contributed by atoms with Crippen LogP contribution < -0.4 is 5.32 Å². The zero-order valence-corrected chi connectivity index (χ0v) is 10.8. The first-order valence-electron chi connectivity index (χ1n) is 6.13. The summed E-state index contributed by atoms with van der Waals surface area (Å²) in [6.07, 6.45) is -3.38. The van der Waals surface area contributed by atoms with Crippen LogP contribution in [0.3, 0.4) is 0 Å². The van der Waals surface area contributed by atoms with Gasteiger partial charge in [0.2, 0.25) is 0 Å². The monoisotopic (exact) mass is 285 g/mol. The van der Waals surface area contributed by atoms with E-state index in [9.17, 15) is 20.1 Å². The molecule has 0 fully saturated rings. The summed E-state index contributed by atoms with van der Waals surface area (Å²) in [5, 5.41) is 48.7. The molecule has 0 radical (unpaired) electrons. The number of aromatic hydroxyl groups is 1. The number of rotatable bonds is 8. The number of Topliss-reactive ketones (excluding diaryl/α,β-unsaturated/α-hetero) is 1. The van der Waals surface area contributed by atoms with E-state index in [1.807, 2.05) is 0 Å². The maximum Gasteiger partial charge on any atom is 0.183 e. The van der Waals surface area contributed by atoms with Gasteiger partial charge in [0.1, 0.15) is 18.0 Å². The summed E-state index contributed by atoms with van der Waals surface area (Å²) in [6.45, 7) is -1.24. The summed E-state index contributed by atoms with van der Waals surface area (Å²) >= 11 is 0. The number of ketones is 1. The lowest BCUT2D eigenvalue weighted by Crippen LogP contribution is -2.49. The van der Waals surface area contributed by atoms with Crippen LogP contribution in [0.15, 0.2) is 24.3 Å². The Labute approximate surface area is 116 Å². The molecular weight excluding hydrogens is 266 g/mol. The number of aliphatic hydroxyl groups is 4. The van der Waals surface area contributed by atoms with Crippen molar-refractivity contribution in [2.45, 2.75) is 24.8 Å². The van der Waals surface area contributed by atoms with Crippen molar-refractivity contribution in [3.63, 3.8) is 0 Å². The molecule has 0 heterocycles. The van der Waals surface area contributed by atoms with E-state index in [0.29, 0.717) is 5.56 Å². The highest BCUT2D eigenvalue weighted by Gasteiger charge is 2.29. The van der Waals surface area contributed by atoms with Gasteiger partial charge in [-0.3, -0.25) is 4.79 Å². The summed E-state index contributed by atoms with van der Waals surface area (Å²) < 4.78 is 0. The van der Waals surface area contributed by atoms with E-state index < -0.39 is 37.2 Å². The summed E-state index contributed by atoms with van der Waals surface area (Å²) in [6, 6.07) is 5.37. The normalized spacial score (nSPS) is 15.6. The van der Waals surface area contributed by atoms with Gasteiger partial charge >= 0.3 is 0 Å². The molecule has 1 rings (SSSR count). The van der Waals surface area contributed by atoms with Gasteiger partial charge in [-0.1, -0.05) is 18.2 Å². The van der Waals surface area contributed by atoms with Gasteiger partial charge in [0.25, 0.3) is 0 Å². The summed E-state index contributed by atoms with van der Waals surface area (Å²) in [4.78, 5) is 11.8. The van der Waals surface area contributed by atoms with E-state index in [1.54, 1.807) is 18.2 Å². The molecule has 1 aromatic carbocycles. The number of para-hydroxylation sites is 1. The van der Waals surface area contributed by atoms with E-state index >= 15 is 0 Å². The Kier molecular flexibility index (Phi) is 6.56. The predicted octanol–water partition coefficient (Wildman–Crippen LogP) is -1.87. The fourth-order valence-electron chi connectivity index (χ4n) is 1.64. The third-order valence-electron chi connectivity index (χ3n) is 2.90. The zero-order valence-electron chi connectivity index (χ0n) is 10.8. The molecule has 0 aliphatic carbocycles. The average Bonchev–Trinajstić information content (AvgIpc) is 2.47. The molecule has 0 saturated heterocycles. The maximum absolute atomic E-state index is 11.8. The number of aliphatic hydroxyl groups excluding tert-OH is 4. The average molecular weight is 285 g/mol. The summed E-state index contributed by atoms with van der Waals surface area (Å²) in [5.74, 6) is -0.787. The van der Waals surface area contributed by atoms with Gasteiger partial charge < -0.3 is 30.8 Å².